The normalized spacial score (nSPS) is 18.7. The van der Waals surface area contributed by atoms with E-state index in [9.17, 15) is 4.79 Å². The summed E-state index contributed by atoms with van der Waals surface area (Å²) < 4.78 is 0. The third-order valence-electron chi connectivity index (χ3n) is 6.58. The number of carbonyl (C=O) groups excluding carboxylic acids is 1. The van der Waals surface area contributed by atoms with E-state index in [0.29, 0.717) is 17.5 Å². The molecule has 4 heteroatoms. The molecule has 2 unspecified atom stereocenters. The summed E-state index contributed by atoms with van der Waals surface area (Å²) in [5, 5.41) is 6.08. The lowest BCUT2D eigenvalue weighted by atomic mass is 9.89. The maximum absolute atomic E-state index is 11.9. The first-order chi connectivity index (χ1) is 14.6. The van der Waals surface area contributed by atoms with Crippen molar-refractivity contribution in [1.82, 2.24) is 5.32 Å². The molecule has 4 nitrogen and oxygen atoms in total. The van der Waals surface area contributed by atoms with Gasteiger partial charge in [-0.3, -0.25) is 4.79 Å². The lowest BCUT2D eigenvalue weighted by Gasteiger charge is -2.42. The molecule has 1 saturated heterocycles. The number of carbonyl (C=O) groups is 1. The molecule has 3 N–H and O–H groups in total. The number of hydrogen-bond donors (Lipinski definition) is 2. The average Bonchev–Trinajstić information content (AvgIpc) is 2.79. The van der Waals surface area contributed by atoms with E-state index >= 15 is 0 Å². The standard InChI is InChI=1S/C26H31N3O/c1-18(22-11-7-15-28-17-22)29(23-12-5-10-21(16-23)26(27)30)19(2)24-14-6-9-20-8-3-4-13-25(20)24/h3-6,8-10,12-14,16,18-19,22,28H,7,11,15,17H2,1-2H3,(H2,27,30)/t18?,19-,22?/m1/s1. The number of rotatable bonds is 6. The molecule has 1 amide bonds. The molecule has 3 aromatic carbocycles. The van der Waals surface area contributed by atoms with Gasteiger partial charge in [-0.05, 0) is 80.2 Å². The van der Waals surface area contributed by atoms with Crippen molar-refractivity contribution in [3.8, 4) is 0 Å². The molecular weight excluding hydrogens is 370 g/mol. The van der Waals surface area contributed by atoms with Gasteiger partial charge < -0.3 is 16.0 Å². The van der Waals surface area contributed by atoms with Gasteiger partial charge in [0.25, 0.3) is 0 Å². The van der Waals surface area contributed by atoms with E-state index in [4.69, 9.17) is 5.73 Å². The molecule has 156 valence electrons. The number of amides is 1. The second-order valence-corrected chi connectivity index (χ2v) is 8.41. The number of nitrogens with zero attached hydrogens (tertiary/aromatic N) is 1. The van der Waals surface area contributed by atoms with Gasteiger partial charge in [0, 0.05) is 17.3 Å². The Morgan fingerprint density at radius 3 is 2.60 bits per heavy atom. The fourth-order valence-electron chi connectivity index (χ4n) is 4.91. The second-order valence-electron chi connectivity index (χ2n) is 8.41. The maximum atomic E-state index is 11.9. The molecule has 0 saturated carbocycles. The third-order valence-corrected chi connectivity index (χ3v) is 6.58. The van der Waals surface area contributed by atoms with Crippen molar-refractivity contribution in [3.63, 3.8) is 0 Å². The van der Waals surface area contributed by atoms with Crippen molar-refractivity contribution < 1.29 is 4.79 Å². The summed E-state index contributed by atoms with van der Waals surface area (Å²) in [7, 11) is 0. The minimum absolute atomic E-state index is 0.149. The van der Waals surface area contributed by atoms with Gasteiger partial charge in [0.2, 0.25) is 5.91 Å². The first kappa shape index (κ1) is 20.4. The van der Waals surface area contributed by atoms with E-state index in [-0.39, 0.29) is 11.9 Å². The lowest BCUT2D eigenvalue weighted by Crippen LogP contribution is -2.46. The average molecular weight is 402 g/mol. The zero-order valence-electron chi connectivity index (χ0n) is 17.8. The Hall–Kier alpha value is -2.85. The van der Waals surface area contributed by atoms with Gasteiger partial charge in [-0.15, -0.1) is 0 Å². The van der Waals surface area contributed by atoms with Crippen LogP contribution in [0, 0.1) is 5.92 Å². The number of hydrogen-bond acceptors (Lipinski definition) is 3. The van der Waals surface area contributed by atoms with Gasteiger partial charge in [-0.25, -0.2) is 0 Å². The van der Waals surface area contributed by atoms with Crippen LogP contribution >= 0.6 is 0 Å². The Balaban J connectivity index is 1.79. The highest BCUT2D eigenvalue weighted by molar-refractivity contribution is 5.94. The maximum Gasteiger partial charge on any atom is 0.248 e. The Labute approximate surface area is 179 Å². The monoisotopic (exact) mass is 401 g/mol. The summed E-state index contributed by atoms with van der Waals surface area (Å²) in [6.07, 6.45) is 2.41. The van der Waals surface area contributed by atoms with Crippen LogP contribution in [0.4, 0.5) is 5.69 Å². The van der Waals surface area contributed by atoms with Gasteiger partial charge in [-0.2, -0.15) is 0 Å². The van der Waals surface area contributed by atoms with Crippen molar-refractivity contribution >= 4 is 22.4 Å². The molecule has 1 aliphatic heterocycles. The Morgan fingerprint density at radius 1 is 1.07 bits per heavy atom. The summed E-state index contributed by atoms with van der Waals surface area (Å²) in [6.45, 7) is 6.70. The van der Waals surface area contributed by atoms with Crippen molar-refractivity contribution in [3.05, 3.63) is 77.9 Å². The molecule has 1 aliphatic rings. The van der Waals surface area contributed by atoms with E-state index in [1.54, 1.807) is 6.07 Å². The first-order valence-corrected chi connectivity index (χ1v) is 10.9. The van der Waals surface area contributed by atoms with E-state index in [2.05, 4.69) is 72.6 Å². The van der Waals surface area contributed by atoms with Gasteiger partial charge in [0.15, 0.2) is 0 Å². The van der Waals surface area contributed by atoms with Crippen molar-refractivity contribution in [2.45, 2.75) is 38.8 Å². The summed E-state index contributed by atoms with van der Waals surface area (Å²) in [5.74, 6) is 0.162. The number of piperidine rings is 1. The number of nitrogens with two attached hydrogens (primary N) is 1. The van der Waals surface area contributed by atoms with E-state index in [1.165, 1.54) is 29.2 Å². The van der Waals surface area contributed by atoms with Crippen LogP contribution in [0.3, 0.4) is 0 Å². The molecule has 0 spiro atoms. The van der Waals surface area contributed by atoms with Crippen LogP contribution in [-0.2, 0) is 0 Å². The Kier molecular flexibility index (Phi) is 6.05. The van der Waals surface area contributed by atoms with E-state index in [0.717, 1.165) is 18.8 Å². The van der Waals surface area contributed by atoms with Crippen molar-refractivity contribution in [1.29, 1.82) is 0 Å². The molecule has 0 aromatic heterocycles. The second kappa shape index (κ2) is 8.88. The van der Waals surface area contributed by atoms with Crippen LogP contribution in [0.25, 0.3) is 10.8 Å². The Morgan fingerprint density at radius 2 is 1.83 bits per heavy atom. The predicted molar refractivity (Wildman–Crippen MR) is 125 cm³/mol. The van der Waals surface area contributed by atoms with E-state index < -0.39 is 0 Å². The molecule has 1 heterocycles. The predicted octanol–water partition coefficient (Wildman–Crippen LogP) is 4.89. The van der Waals surface area contributed by atoms with Crippen LogP contribution in [0.1, 0.15) is 48.7 Å². The minimum atomic E-state index is -0.387. The van der Waals surface area contributed by atoms with Crippen molar-refractivity contribution in [2.24, 2.45) is 11.7 Å². The highest BCUT2D eigenvalue weighted by atomic mass is 16.1. The summed E-state index contributed by atoms with van der Waals surface area (Å²) in [6, 6.07) is 23.3. The largest absolute Gasteiger partial charge is 0.366 e. The third kappa shape index (κ3) is 4.05. The molecule has 3 atom stereocenters. The quantitative estimate of drug-likeness (QED) is 0.618. The molecule has 30 heavy (non-hydrogen) atoms. The number of fused-ring (bicyclic) bond motifs is 1. The van der Waals surface area contributed by atoms with E-state index in [1.807, 2.05) is 12.1 Å². The van der Waals surface area contributed by atoms with Crippen molar-refractivity contribution in [2.75, 3.05) is 18.0 Å². The number of nitrogens with one attached hydrogen (secondary N) is 1. The van der Waals surface area contributed by atoms with Gasteiger partial charge >= 0.3 is 0 Å². The summed E-state index contributed by atoms with van der Waals surface area (Å²) in [4.78, 5) is 14.3. The Bertz CT molecular complexity index is 1020. The highest BCUT2D eigenvalue weighted by Gasteiger charge is 2.30. The van der Waals surface area contributed by atoms with Crippen LogP contribution in [0.2, 0.25) is 0 Å². The zero-order chi connectivity index (χ0) is 21.1. The van der Waals surface area contributed by atoms with Crippen LogP contribution in [0.5, 0.6) is 0 Å². The number of primary amides is 1. The van der Waals surface area contributed by atoms with Crippen LogP contribution < -0.4 is 16.0 Å². The van der Waals surface area contributed by atoms with Gasteiger partial charge in [0.05, 0.1) is 6.04 Å². The molecule has 3 aromatic rings. The van der Waals surface area contributed by atoms with Crippen LogP contribution in [-0.4, -0.2) is 25.0 Å². The lowest BCUT2D eigenvalue weighted by molar-refractivity contribution is 0.100. The van der Waals surface area contributed by atoms with Crippen LogP contribution in [0.15, 0.2) is 66.7 Å². The first-order valence-electron chi connectivity index (χ1n) is 10.9. The molecule has 0 aliphatic carbocycles. The fourth-order valence-corrected chi connectivity index (χ4v) is 4.91. The fraction of sp³-hybridized carbons (Fsp3) is 0.346. The summed E-state index contributed by atoms with van der Waals surface area (Å²) in [5.41, 5.74) is 8.49. The summed E-state index contributed by atoms with van der Waals surface area (Å²) >= 11 is 0. The molecule has 1 fully saturated rings. The molecule has 0 bridgehead atoms. The number of benzene rings is 3. The molecule has 4 rings (SSSR count). The SMILES string of the molecule is CC(C1CCCNC1)N(c1cccc(C(N)=O)c1)[C@H](C)c1cccc2ccccc12. The van der Waals surface area contributed by atoms with Gasteiger partial charge in [0.1, 0.15) is 0 Å². The molecule has 0 radical (unpaired) electrons. The minimum Gasteiger partial charge on any atom is -0.366 e. The topological polar surface area (TPSA) is 58.4 Å². The molecular formula is C26H31N3O. The van der Waals surface area contributed by atoms with Gasteiger partial charge in [-0.1, -0.05) is 48.5 Å². The number of anilines is 1. The smallest absolute Gasteiger partial charge is 0.248 e. The zero-order valence-corrected chi connectivity index (χ0v) is 17.8. The highest BCUT2D eigenvalue weighted by Crippen LogP contribution is 2.36.